The minimum atomic E-state index is -0.366. The summed E-state index contributed by atoms with van der Waals surface area (Å²) < 4.78 is 4.85. The molecule has 0 aromatic carbocycles. The second-order valence-electron chi connectivity index (χ2n) is 5.21. The molecule has 1 saturated carbocycles. The SMILES string of the molecule is COC(=O)C(c1nccc(C2CCC2)n1)C(C)C. The minimum Gasteiger partial charge on any atom is -0.468 e. The van der Waals surface area contributed by atoms with Crippen molar-refractivity contribution in [3.05, 3.63) is 23.8 Å². The highest BCUT2D eigenvalue weighted by Crippen LogP contribution is 2.35. The van der Waals surface area contributed by atoms with E-state index in [4.69, 9.17) is 4.74 Å². The number of esters is 1. The largest absolute Gasteiger partial charge is 0.468 e. The summed E-state index contributed by atoms with van der Waals surface area (Å²) in [5.74, 6) is 0.665. The lowest BCUT2D eigenvalue weighted by molar-refractivity contribution is -0.143. The van der Waals surface area contributed by atoms with Gasteiger partial charge in [0.25, 0.3) is 0 Å². The van der Waals surface area contributed by atoms with E-state index in [1.807, 2.05) is 19.9 Å². The van der Waals surface area contributed by atoms with E-state index in [-0.39, 0.29) is 17.8 Å². The van der Waals surface area contributed by atoms with Gasteiger partial charge < -0.3 is 4.74 Å². The van der Waals surface area contributed by atoms with Crippen LogP contribution in [0.2, 0.25) is 0 Å². The van der Waals surface area contributed by atoms with Gasteiger partial charge in [-0.1, -0.05) is 20.3 Å². The van der Waals surface area contributed by atoms with Crippen LogP contribution in [0.3, 0.4) is 0 Å². The van der Waals surface area contributed by atoms with E-state index in [2.05, 4.69) is 9.97 Å². The summed E-state index contributed by atoms with van der Waals surface area (Å²) in [5, 5.41) is 0. The third-order valence-corrected chi connectivity index (χ3v) is 3.62. The molecule has 1 heterocycles. The van der Waals surface area contributed by atoms with Crippen LogP contribution in [0.25, 0.3) is 0 Å². The number of aromatic nitrogens is 2. The smallest absolute Gasteiger partial charge is 0.316 e. The van der Waals surface area contributed by atoms with Crippen LogP contribution in [0.4, 0.5) is 0 Å². The van der Waals surface area contributed by atoms with Gasteiger partial charge in [-0.05, 0) is 24.8 Å². The van der Waals surface area contributed by atoms with Crippen molar-refractivity contribution in [1.29, 1.82) is 0 Å². The molecule has 0 N–H and O–H groups in total. The van der Waals surface area contributed by atoms with Gasteiger partial charge in [0.1, 0.15) is 11.7 Å². The van der Waals surface area contributed by atoms with Gasteiger partial charge in [-0.25, -0.2) is 9.97 Å². The highest BCUT2D eigenvalue weighted by molar-refractivity contribution is 5.77. The number of nitrogens with zero attached hydrogens (tertiary/aromatic N) is 2. The fourth-order valence-electron chi connectivity index (χ4n) is 2.27. The van der Waals surface area contributed by atoms with E-state index in [9.17, 15) is 4.79 Å². The zero-order valence-corrected chi connectivity index (χ0v) is 11.2. The van der Waals surface area contributed by atoms with Crippen molar-refractivity contribution in [3.63, 3.8) is 0 Å². The molecule has 1 aromatic rings. The molecule has 0 aliphatic heterocycles. The topological polar surface area (TPSA) is 52.1 Å². The molecule has 1 atom stereocenters. The lowest BCUT2D eigenvalue weighted by atomic mass is 9.82. The lowest BCUT2D eigenvalue weighted by Crippen LogP contribution is -2.23. The molecule has 0 amide bonds. The fourth-order valence-corrected chi connectivity index (χ4v) is 2.27. The van der Waals surface area contributed by atoms with Crippen LogP contribution in [-0.4, -0.2) is 23.0 Å². The maximum absolute atomic E-state index is 11.8. The van der Waals surface area contributed by atoms with Gasteiger partial charge in [-0.3, -0.25) is 4.79 Å². The van der Waals surface area contributed by atoms with Gasteiger partial charge in [0.05, 0.1) is 7.11 Å². The highest BCUT2D eigenvalue weighted by atomic mass is 16.5. The normalized spacial score (nSPS) is 17.3. The molecule has 98 valence electrons. The number of ether oxygens (including phenoxy) is 1. The van der Waals surface area contributed by atoms with Crippen LogP contribution in [0.15, 0.2) is 12.3 Å². The Hall–Kier alpha value is -1.45. The fraction of sp³-hybridized carbons (Fsp3) is 0.643. The summed E-state index contributed by atoms with van der Waals surface area (Å²) in [6.45, 7) is 3.97. The van der Waals surface area contributed by atoms with Gasteiger partial charge in [-0.2, -0.15) is 0 Å². The molecule has 0 spiro atoms. The zero-order valence-electron chi connectivity index (χ0n) is 11.2. The number of hydrogen-bond donors (Lipinski definition) is 0. The van der Waals surface area contributed by atoms with Crippen LogP contribution < -0.4 is 0 Å². The minimum absolute atomic E-state index is 0.133. The summed E-state index contributed by atoms with van der Waals surface area (Å²) in [6.07, 6.45) is 5.42. The van der Waals surface area contributed by atoms with Gasteiger partial charge in [0.15, 0.2) is 0 Å². The first kappa shape index (κ1) is 13.0. The zero-order chi connectivity index (χ0) is 13.1. The molecule has 0 radical (unpaired) electrons. The summed E-state index contributed by atoms with van der Waals surface area (Å²) in [5.41, 5.74) is 1.07. The summed E-state index contributed by atoms with van der Waals surface area (Å²) in [6, 6.07) is 1.96. The maximum atomic E-state index is 11.8. The quantitative estimate of drug-likeness (QED) is 0.769. The molecule has 2 rings (SSSR count). The first-order chi connectivity index (χ1) is 8.63. The molecular weight excluding hydrogens is 228 g/mol. The third kappa shape index (κ3) is 2.52. The molecular formula is C14H20N2O2. The van der Waals surface area contributed by atoms with Gasteiger partial charge in [0.2, 0.25) is 0 Å². The van der Waals surface area contributed by atoms with Crippen molar-refractivity contribution in [3.8, 4) is 0 Å². The average Bonchev–Trinajstić information content (AvgIpc) is 2.26. The molecule has 1 aromatic heterocycles. The van der Waals surface area contributed by atoms with Gasteiger partial charge in [0, 0.05) is 17.8 Å². The van der Waals surface area contributed by atoms with E-state index in [0.29, 0.717) is 11.7 Å². The van der Waals surface area contributed by atoms with Crippen LogP contribution >= 0.6 is 0 Å². The Labute approximate surface area is 108 Å². The van der Waals surface area contributed by atoms with Crippen molar-refractivity contribution in [1.82, 2.24) is 9.97 Å². The Bertz CT molecular complexity index is 428. The van der Waals surface area contributed by atoms with Crippen LogP contribution in [0.1, 0.15) is 56.5 Å². The lowest BCUT2D eigenvalue weighted by Gasteiger charge is -2.25. The van der Waals surface area contributed by atoms with Gasteiger partial charge >= 0.3 is 5.97 Å². The highest BCUT2D eigenvalue weighted by Gasteiger charge is 2.29. The third-order valence-electron chi connectivity index (χ3n) is 3.62. The van der Waals surface area contributed by atoms with Crippen LogP contribution in [0, 0.1) is 5.92 Å². The summed E-state index contributed by atoms with van der Waals surface area (Å²) >= 11 is 0. The second-order valence-corrected chi connectivity index (χ2v) is 5.21. The standard InChI is InChI=1S/C14H20N2O2/c1-9(2)12(14(17)18-3)13-15-8-7-11(16-13)10-5-4-6-10/h7-10,12H,4-6H2,1-3H3. The van der Waals surface area contributed by atoms with Crippen molar-refractivity contribution in [2.75, 3.05) is 7.11 Å². The van der Waals surface area contributed by atoms with Crippen molar-refractivity contribution < 1.29 is 9.53 Å². The predicted octanol–water partition coefficient (Wildman–Crippen LogP) is 2.66. The van der Waals surface area contributed by atoms with E-state index >= 15 is 0 Å². The van der Waals surface area contributed by atoms with Crippen molar-refractivity contribution >= 4 is 5.97 Å². The van der Waals surface area contributed by atoms with Gasteiger partial charge in [-0.15, -0.1) is 0 Å². The Morgan fingerprint density at radius 2 is 2.17 bits per heavy atom. The number of rotatable bonds is 4. The van der Waals surface area contributed by atoms with Crippen LogP contribution in [-0.2, 0) is 9.53 Å². The number of carbonyl (C=O) groups excluding carboxylic acids is 1. The van der Waals surface area contributed by atoms with Crippen molar-refractivity contribution in [2.24, 2.45) is 5.92 Å². The van der Waals surface area contributed by atoms with Crippen molar-refractivity contribution in [2.45, 2.75) is 44.9 Å². The second kappa shape index (κ2) is 5.46. The first-order valence-electron chi connectivity index (χ1n) is 6.54. The average molecular weight is 248 g/mol. The van der Waals surface area contributed by atoms with E-state index in [0.717, 1.165) is 5.69 Å². The van der Waals surface area contributed by atoms with E-state index < -0.39 is 0 Å². The monoisotopic (exact) mass is 248 g/mol. The molecule has 0 bridgehead atoms. The molecule has 1 aliphatic carbocycles. The molecule has 4 nitrogen and oxygen atoms in total. The van der Waals surface area contributed by atoms with Crippen LogP contribution in [0.5, 0.6) is 0 Å². The maximum Gasteiger partial charge on any atom is 0.316 e. The molecule has 1 unspecified atom stereocenters. The molecule has 1 aliphatic rings. The predicted molar refractivity (Wildman–Crippen MR) is 68.2 cm³/mol. The van der Waals surface area contributed by atoms with E-state index in [1.54, 1.807) is 6.20 Å². The molecule has 0 saturated heterocycles. The first-order valence-corrected chi connectivity index (χ1v) is 6.54. The number of hydrogen-bond acceptors (Lipinski definition) is 4. The Balaban J connectivity index is 2.26. The molecule has 4 heteroatoms. The Kier molecular flexibility index (Phi) is 3.94. The number of methoxy groups -OCH3 is 1. The molecule has 18 heavy (non-hydrogen) atoms. The summed E-state index contributed by atoms with van der Waals surface area (Å²) in [7, 11) is 1.41. The van der Waals surface area contributed by atoms with E-state index in [1.165, 1.54) is 26.4 Å². The molecule has 1 fully saturated rings. The summed E-state index contributed by atoms with van der Waals surface area (Å²) in [4.78, 5) is 20.6. The number of carbonyl (C=O) groups is 1. The Morgan fingerprint density at radius 3 is 2.67 bits per heavy atom. The Morgan fingerprint density at radius 1 is 1.44 bits per heavy atom.